The van der Waals surface area contributed by atoms with Crippen LogP contribution in [-0.4, -0.2) is 16.1 Å². The Kier molecular flexibility index (Phi) is 4.27. The van der Waals surface area contributed by atoms with E-state index in [1.807, 2.05) is 0 Å². The fraction of sp³-hybridized carbons (Fsp3) is 0.812. The average molecular weight is 300 g/mol. The van der Waals surface area contributed by atoms with Gasteiger partial charge in [0.15, 0.2) is 0 Å². The number of rotatable bonds is 1. The topological polar surface area (TPSA) is 28.7 Å². The number of hydrogen-bond donors (Lipinski definition) is 1. The minimum atomic E-state index is -4.08. The van der Waals surface area contributed by atoms with Gasteiger partial charge in [-0.15, -0.1) is 0 Å². The lowest BCUT2D eigenvalue weighted by Crippen LogP contribution is -2.28. The van der Waals surface area contributed by atoms with Crippen LogP contribution in [0.4, 0.5) is 13.2 Å². The quantitative estimate of drug-likeness (QED) is 0.784. The molecule has 3 rings (SSSR count). The largest absolute Gasteiger partial charge is 0.392 e. The third-order valence-corrected chi connectivity index (χ3v) is 5.02. The van der Waals surface area contributed by atoms with Crippen molar-refractivity contribution in [3.8, 4) is 0 Å². The van der Waals surface area contributed by atoms with Crippen molar-refractivity contribution < 1.29 is 13.2 Å². The zero-order chi connectivity index (χ0) is 14.9. The molecule has 5 heteroatoms. The molecule has 0 bridgehead atoms. The smallest absolute Gasteiger partial charge is 0.345 e. The minimum Gasteiger partial charge on any atom is -0.345 e. The zero-order valence-corrected chi connectivity index (χ0v) is 12.3. The van der Waals surface area contributed by atoms with Gasteiger partial charge in [-0.05, 0) is 25.7 Å². The molecule has 0 saturated heterocycles. The van der Waals surface area contributed by atoms with Crippen LogP contribution in [0, 0.1) is 5.92 Å². The Morgan fingerprint density at radius 2 is 1.62 bits per heavy atom. The predicted octanol–water partition coefficient (Wildman–Crippen LogP) is 4.90. The van der Waals surface area contributed by atoms with E-state index in [0.717, 1.165) is 30.1 Å². The Morgan fingerprint density at radius 3 is 2.29 bits per heavy atom. The van der Waals surface area contributed by atoms with Gasteiger partial charge in [0.05, 0.1) is 11.6 Å². The number of aromatic amines is 1. The minimum absolute atomic E-state index is 0.0819. The van der Waals surface area contributed by atoms with Crippen LogP contribution in [0.1, 0.15) is 74.5 Å². The first-order valence-corrected chi connectivity index (χ1v) is 8.18. The second-order valence-electron chi connectivity index (χ2n) is 6.57. The number of nitrogens with zero attached hydrogens (tertiary/aromatic N) is 1. The Bertz CT molecular complexity index is 470. The van der Waals surface area contributed by atoms with E-state index in [0.29, 0.717) is 12.3 Å². The first-order chi connectivity index (χ1) is 10.0. The summed E-state index contributed by atoms with van der Waals surface area (Å²) in [6, 6.07) is 0. The predicted molar refractivity (Wildman–Crippen MR) is 75.2 cm³/mol. The number of aryl methyl sites for hydroxylation is 1. The molecule has 1 N–H and O–H groups in total. The molecule has 1 unspecified atom stereocenters. The molecule has 2 aliphatic rings. The SMILES string of the molecule is FC(F)(F)C1CCc2nc(C3CCCCCCC3)[nH]c2C1. The number of nitrogens with one attached hydrogen (secondary N) is 1. The lowest BCUT2D eigenvalue weighted by atomic mass is 9.89. The summed E-state index contributed by atoms with van der Waals surface area (Å²) in [6.07, 6.45) is 5.16. The molecule has 0 spiro atoms. The van der Waals surface area contributed by atoms with Crippen LogP contribution in [0.2, 0.25) is 0 Å². The second-order valence-corrected chi connectivity index (χ2v) is 6.57. The van der Waals surface area contributed by atoms with Gasteiger partial charge in [-0.25, -0.2) is 4.98 Å². The van der Waals surface area contributed by atoms with E-state index < -0.39 is 12.1 Å². The molecule has 0 aliphatic heterocycles. The molecular formula is C16H23F3N2. The summed E-state index contributed by atoms with van der Waals surface area (Å²) in [5.74, 6) is 0.167. The van der Waals surface area contributed by atoms with Crippen LogP contribution in [0.3, 0.4) is 0 Å². The third kappa shape index (κ3) is 3.43. The van der Waals surface area contributed by atoms with E-state index in [1.54, 1.807) is 0 Å². The van der Waals surface area contributed by atoms with Crippen molar-refractivity contribution in [3.63, 3.8) is 0 Å². The van der Waals surface area contributed by atoms with Crippen LogP contribution in [0.5, 0.6) is 0 Å². The molecule has 1 aromatic heterocycles. The maximum Gasteiger partial charge on any atom is 0.392 e. The standard InChI is InChI=1S/C16H23F3N2/c17-16(18,19)12-8-9-13-14(10-12)21-15(20-13)11-6-4-2-1-3-5-7-11/h11-12H,1-10H2,(H,20,21). The Labute approximate surface area is 123 Å². The van der Waals surface area contributed by atoms with E-state index in [2.05, 4.69) is 9.97 Å². The van der Waals surface area contributed by atoms with E-state index >= 15 is 0 Å². The fourth-order valence-corrected chi connectivity index (χ4v) is 3.70. The average Bonchev–Trinajstić information content (AvgIpc) is 2.79. The van der Waals surface area contributed by atoms with Crippen molar-refractivity contribution >= 4 is 0 Å². The Hall–Kier alpha value is -1.00. The monoisotopic (exact) mass is 300 g/mol. The molecule has 1 atom stereocenters. The number of fused-ring (bicyclic) bond motifs is 1. The number of aromatic nitrogens is 2. The maximum atomic E-state index is 12.9. The number of imidazole rings is 1. The summed E-state index contributed by atoms with van der Waals surface area (Å²) in [7, 11) is 0. The lowest BCUT2D eigenvalue weighted by Gasteiger charge is -2.23. The van der Waals surface area contributed by atoms with Crippen LogP contribution in [0.15, 0.2) is 0 Å². The Morgan fingerprint density at radius 1 is 0.952 bits per heavy atom. The lowest BCUT2D eigenvalue weighted by molar-refractivity contribution is -0.177. The van der Waals surface area contributed by atoms with E-state index in [1.165, 1.54) is 32.1 Å². The summed E-state index contributed by atoms with van der Waals surface area (Å²) in [5, 5.41) is 0. The third-order valence-electron chi connectivity index (χ3n) is 5.02. The number of H-pyrrole nitrogens is 1. The van der Waals surface area contributed by atoms with Gasteiger partial charge >= 0.3 is 6.18 Å². The van der Waals surface area contributed by atoms with Gasteiger partial charge in [0.2, 0.25) is 0 Å². The van der Waals surface area contributed by atoms with Crippen molar-refractivity contribution in [2.75, 3.05) is 0 Å². The highest BCUT2D eigenvalue weighted by Crippen LogP contribution is 2.37. The van der Waals surface area contributed by atoms with Gasteiger partial charge in [0, 0.05) is 18.0 Å². The van der Waals surface area contributed by atoms with Crippen molar-refractivity contribution in [2.45, 2.75) is 76.3 Å². The van der Waals surface area contributed by atoms with Gasteiger partial charge in [-0.3, -0.25) is 0 Å². The molecule has 0 aromatic carbocycles. The van der Waals surface area contributed by atoms with Crippen LogP contribution < -0.4 is 0 Å². The zero-order valence-electron chi connectivity index (χ0n) is 12.3. The maximum absolute atomic E-state index is 12.9. The summed E-state index contributed by atoms with van der Waals surface area (Å²) in [5.41, 5.74) is 1.62. The molecule has 1 fully saturated rings. The molecule has 0 radical (unpaired) electrons. The molecule has 1 saturated carbocycles. The van der Waals surface area contributed by atoms with Gasteiger partial charge in [0.25, 0.3) is 0 Å². The summed E-state index contributed by atoms with van der Waals surface area (Å²) in [6.45, 7) is 0. The van der Waals surface area contributed by atoms with Gasteiger partial charge < -0.3 is 4.98 Å². The number of alkyl halides is 3. The molecule has 118 valence electrons. The van der Waals surface area contributed by atoms with Gasteiger partial charge in [0.1, 0.15) is 5.82 Å². The van der Waals surface area contributed by atoms with E-state index in [-0.39, 0.29) is 12.8 Å². The fourth-order valence-electron chi connectivity index (χ4n) is 3.70. The molecule has 2 nitrogen and oxygen atoms in total. The highest BCUT2D eigenvalue weighted by molar-refractivity contribution is 5.21. The number of hydrogen-bond acceptors (Lipinski definition) is 1. The highest BCUT2D eigenvalue weighted by Gasteiger charge is 2.42. The van der Waals surface area contributed by atoms with Crippen molar-refractivity contribution in [1.82, 2.24) is 9.97 Å². The molecule has 21 heavy (non-hydrogen) atoms. The first kappa shape index (κ1) is 14.9. The van der Waals surface area contributed by atoms with Crippen LogP contribution in [-0.2, 0) is 12.8 Å². The number of halogens is 3. The molecular weight excluding hydrogens is 277 g/mol. The molecule has 0 amide bonds. The molecule has 1 aromatic rings. The summed E-state index contributed by atoms with van der Waals surface area (Å²) < 4.78 is 38.6. The molecule has 2 aliphatic carbocycles. The van der Waals surface area contributed by atoms with Crippen LogP contribution in [0.25, 0.3) is 0 Å². The summed E-state index contributed by atoms with van der Waals surface area (Å²) >= 11 is 0. The van der Waals surface area contributed by atoms with Gasteiger partial charge in [-0.2, -0.15) is 13.2 Å². The van der Waals surface area contributed by atoms with Crippen LogP contribution >= 0.6 is 0 Å². The highest BCUT2D eigenvalue weighted by atomic mass is 19.4. The second kappa shape index (κ2) is 6.01. The van der Waals surface area contributed by atoms with Crippen molar-refractivity contribution in [2.24, 2.45) is 5.92 Å². The first-order valence-electron chi connectivity index (χ1n) is 8.18. The van der Waals surface area contributed by atoms with E-state index in [9.17, 15) is 13.2 Å². The van der Waals surface area contributed by atoms with Crippen molar-refractivity contribution in [1.29, 1.82) is 0 Å². The summed E-state index contributed by atoms with van der Waals surface area (Å²) in [4.78, 5) is 7.88. The normalized spacial score (nSPS) is 25.2. The van der Waals surface area contributed by atoms with E-state index in [4.69, 9.17) is 0 Å². The van der Waals surface area contributed by atoms with Crippen molar-refractivity contribution in [3.05, 3.63) is 17.2 Å². The van der Waals surface area contributed by atoms with Gasteiger partial charge in [-0.1, -0.05) is 32.1 Å². The Balaban J connectivity index is 1.73. The molecule has 1 heterocycles.